The van der Waals surface area contributed by atoms with Gasteiger partial charge in [-0.1, -0.05) is 12.1 Å². The number of aryl methyl sites for hydroxylation is 1. The van der Waals surface area contributed by atoms with E-state index in [4.69, 9.17) is 10.2 Å². The second-order valence-corrected chi connectivity index (χ2v) is 3.89. The van der Waals surface area contributed by atoms with Gasteiger partial charge >= 0.3 is 0 Å². The highest BCUT2D eigenvalue weighted by Crippen LogP contribution is 2.13. The molecule has 1 rings (SSSR count). The molecule has 3 radical (unpaired) electrons. The average Bonchev–Trinajstić information content (AvgIpc) is 2.25. The monoisotopic (exact) mass is 241 g/mol. The summed E-state index contributed by atoms with van der Waals surface area (Å²) in [7, 11) is 2.58. The first-order valence-corrected chi connectivity index (χ1v) is 5.48. The van der Waals surface area contributed by atoms with Crippen LogP contribution >= 0.6 is 0 Å². The number of aliphatic hydroxyl groups is 2. The van der Waals surface area contributed by atoms with Gasteiger partial charge in [-0.25, -0.2) is 4.39 Å². The molecule has 87 valence electrons. The Morgan fingerprint density at radius 2 is 2.06 bits per heavy atom. The highest BCUT2D eigenvalue weighted by atomic mass is 28.2. The lowest BCUT2D eigenvalue weighted by molar-refractivity contribution is -0.295. The molecule has 5 heteroatoms. The van der Waals surface area contributed by atoms with Crippen LogP contribution < -0.4 is 0 Å². The Balaban J connectivity index is 2.26. The fraction of sp³-hybridized carbons (Fsp3) is 0.455. The molecule has 0 saturated heterocycles. The third kappa shape index (κ3) is 4.85. The number of benzene rings is 1. The van der Waals surface area contributed by atoms with Gasteiger partial charge in [0.2, 0.25) is 0 Å². The fourth-order valence-corrected chi connectivity index (χ4v) is 1.53. The zero-order valence-corrected chi connectivity index (χ0v) is 9.82. The molecule has 0 amide bonds. The van der Waals surface area contributed by atoms with Gasteiger partial charge in [0.05, 0.1) is 0 Å². The summed E-state index contributed by atoms with van der Waals surface area (Å²) < 4.78 is 17.1. The molecule has 0 fully saturated rings. The van der Waals surface area contributed by atoms with Crippen LogP contribution in [-0.2, 0) is 10.8 Å². The Kier molecular flexibility index (Phi) is 5.07. The van der Waals surface area contributed by atoms with Crippen molar-refractivity contribution in [2.45, 2.75) is 31.7 Å². The van der Waals surface area contributed by atoms with E-state index in [1.165, 1.54) is 12.1 Å². The molecule has 0 unspecified atom stereocenters. The SMILES string of the molecule is OC(O)(CCCCc1cccc(F)c1)O[Si]. The summed E-state index contributed by atoms with van der Waals surface area (Å²) in [6, 6.07) is 6.38. The molecule has 1 aromatic carbocycles. The van der Waals surface area contributed by atoms with Gasteiger partial charge in [0, 0.05) is 6.42 Å². The van der Waals surface area contributed by atoms with Crippen molar-refractivity contribution in [2.24, 2.45) is 0 Å². The lowest BCUT2D eigenvalue weighted by Crippen LogP contribution is -2.30. The van der Waals surface area contributed by atoms with Crippen LogP contribution in [0.1, 0.15) is 24.8 Å². The number of halogens is 1. The molecule has 0 heterocycles. The standard InChI is InChI=1S/C11H14FO3Si/c12-10-6-3-5-9(8-10)4-1-2-7-11(13,14)15-16/h3,5-6,8,13-14H,1-2,4,7H2. The van der Waals surface area contributed by atoms with Gasteiger partial charge in [0.25, 0.3) is 16.5 Å². The maximum absolute atomic E-state index is 12.8. The largest absolute Gasteiger partial charge is 0.371 e. The summed E-state index contributed by atoms with van der Waals surface area (Å²) >= 11 is 0. The molecule has 3 nitrogen and oxygen atoms in total. The van der Waals surface area contributed by atoms with Crippen LogP contribution in [-0.4, -0.2) is 26.7 Å². The second-order valence-electron chi connectivity index (χ2n) is 3.68. The molecule has 16 heavy (non-hydrogen) atoms. The van der Waals surface area contributed by atoms with Crippen molar-refractivity contribution < 1.29 is 19.0 Å². The molecule has 0 aliphatic carbocycles. The van der Waals surface area contributed by atoms with E-state index in [0.717, 1.165) is 12.0 Å². The molecule has 2 N–H and O–H groups in total. The van der Waals surface area contributed by atoms with E-state index >= 15 is 0 Å². The van der Waals surface area contributed by atoms with Crippen molar-refractivity contribution in [3.05, 3.63) is 35.6 Å². The zero-order chi connectivity index (χ0) is 12.0. The molecule has 0 aromatic heterocycles. The van der Waals surface area contributed by atoms with Crippen molar-refractivity contribution in [1.82, 2.24) is 0 Å². The summed E-state index contributed by atoms with van der Waals surface area (Å²) in [5.74, 6) is -2.38. The quantitative estimate of drug-likeness (QED) is 0.448. The van der Waals surface area contributed by atoms with Crippen LogP contribution in [0.15, 0.2) is 24.3 Å². The smallest absolute Gasteiger partial charge is 0.267 e. The zero-order valence-electron chi connectivity index (χ0n) is 8.82. The first-order valence-electron chi connectivity index (χ1n) is 5.07. The van der Waals surface area contributed by atoms with Crippen molar-refractivity contribution in [3.63, 3.8) is 0 Å². The van der Waals surface area contributed by atoms with Gasteiger partial charge < -0.3 is 14.6 Å². The van der Waals surface area contributed by atoms with Crippen LogP contribution in [0.5, 0.6) is 0 Å². The average molecular weight is 241 g/mol. The molecular formula is C11H14FO3Si. The Hall–Kier alpha value is -0.753. The molecule has 0 aliphatic heterocycles. The highest BCUT2D eigenvalue weighted by molar-refractivity contribution is 5.98. The summed E-state index contributed by atoms with van der Waals surface area (Å²) in [5, 5.41) is 18.2. The van der Waals surface area contributed by atoms with Gasteiger partial charge in [-0.05, 0) is 37.0 Å². The number of rotatable bonds is 6. The van der Waals surface area contributed by atoms with Crippen LogP contribution in [0, 0.1) is 5.82 Å². The molecule has 0 bridgehead atoms. The Morgan fingerprint density at radius 3 is 2.69 bits per heavy atom. The van der Waals surface area contributed by atoms with E-state index in [0.29, 0.717) is 12.8 Å². The minimum atomic E-state index is -2.13. The predicted octanol–water partition coefficient (Wildman–Crippen LogP) is 1.28. The van der Waals surface area contributed by atoms with Gasteiger partial charge in [-0.2, -0.15) is 0 Å². The molecule has 1 aromatic rings. The molecular weight excluding hydrogens is 227 g/mol. The first kappa shape index (κ1) is 13.3. The van der Waals surface area contributed by atoms with Gasteiger partial charge in [-0.3, -0.25) is 0 Å². The maximum atomic E-state index is 12.8. The Bertz CT molecular complexity index is 331. The van der Waals surface area contributed by atoms with Crippen molar-refractivity contribution in [3.8, 4) is 0 Å². The summed E-state index contributed by atoms with van der Waals surface area (Å²) in [6.45, 7) is 0. The van der Waals surface area contributed by atoms with Crippen molar-refractivity contribution in [2.75, 3.05) is 0 Å². The molecule has 0 aliphatic rings. The van der Waals surface area contributed by atoms with E-state index < -0.39 is 5.97 Å². The van der Waals surface area contributed by atoms with E-state index in [9.17, 15) is 4.39 Å². The normalized spacial score (nSPS) is 11.8. The van der Waals surface area contributed by atoms with Gasteiger partial charge in [0.1, 0.15) is 5.82 Å². The summed E-state index contributed by atoms with van der Waals surface area (Å²) in [4.78, 5) is 0. The highest BCUT2D eigenvalue weighted by Gasteiger charge is 2.20. The minimum Gasteiger partial charge on any atom is -0.371 e. The Morgan fingerprint density at radius 1 is 1.31 bits per heavy atom. The lowest BCUT2D eigenvalue weighted by Gasteiger charge is -2.19. The maximum Gasteiger partial charge on any atom is 0.267 e. The fourth-order valence-electron chi connectivity index (χ4n) is 1.43. The number of unbranched alkanes of at least 4 members (excludes halogenated alkanes) is 1. The van der Waals surface area contributed by atoms with Crippen LogP contribution in [0.25, 0.3) is 0 Å². The second kappa shape index (κ2) is 6.10. The van der Waals surface area contributed by atoms with E-state index in [-0.39, 0.29) is 12.2 Å². The summed E-state index contributed by atoms with van der Waals surface area (Å²) in [5.41, 5.74) is 0.903. The predicted molar refractivity (Wildman–Crippen MR) is 58.0 cm³/mol. The number of hydrogen-bond acceptors (Lipinski definition) is 3. The molecule has 0 atom stereocenters. The van der Waals surface area contributed by atoms with Crippen LogP contribution in [0.2, 0.25) is 0 Å². The Labute approximate surface area is 97.4 Å². The molecule has 0 spiro atoms. The van der Waals surface area contributed by atoms with Crippen LogP contribution in [0.3, 0.4) is 0 Å². The van der Waals surface area contributed by atoms with Gasteiger partial charge in [-0.15, -0.1) is 0 Å². The van der Waals surface area contributed by atoms with Crippen molar-refractivity contribution >= 4 is 10.5 Å². The van der Waals surface area contributed by atoms with E-state index in [2.05, 4.69) is 14.9 Å². The summed E-state index contributed by atoms with van der Waals surface area (Å²) in [6.07, 6.45) is 2.12. The first-order chi connectivity index (χ1) is 7.53. The number of hydrogen-bond donors (Lipinski definition) is 2. The van der Waals surface area contributed by atoms with Crippen LogP contribution in [0.4, 0.5) is 4.39 Å². The van der Waals surface area contributed by atoms with E-state index in [1.54, 1.807) is 6.07 Å². The van der Waals surface area contributed by atoms with Crippen molar-refractivity contribution in [1.29, 1.82) is 0 Å². The minimum absolute atomic E-state index is 0.103. The van der Waals surface area contributed by atoms with E-state index in [1.807, 2.05) is 6.07 Å². The molecule has 0 saturated carbocycles. The topological polar surface area (TPSA) is 49.7 Å². The third-order valence-electron chi connectivity index (χ3n) is 2.27. The third-order valence-corrected chi connectivity index (χ3v) is 2.60. The lowest BCUT2D eigenvalue weighted by atomic mass is 10.1. The van der Waals surface area contributed by atoms with Gasteiger partial charge in [0.15, 0.2) is 0 Å².